The third-order valence-electron chi connectivity index (χ3n) is 7.41. The summed E-state index contributed by atoms with van der Waals surface area (Å²) in [6, 6.07) is 0. The van der Waals surface area contributed by atoms with Crippen molar-refractivity contribution in [3.63, 3.8) is 0 Å². The fourth-order valence-corrected chi connectivity index (χ4v) is 11.0. The van der Waals surface area contributed by atoms with Gasteiger partial charge in [0.2, 0.25) is 0 Å². The first-order valence-electron chi connectivity index (χ1n) is 9.94. The normalized spacial score (nSPS) is 33.5. The van der Waals surface area contributed by atoms with E-state index in [9.17, 15) is 0 Å². The molecule has 123 valence electrons. The van der Waals surface area contributed by atoms with E-state index in [1.54, 1.807) is 31.9 Å². The molecule has 0 nitrogen and oxygen atoms in total. The standard InChI is InChI=1S/C19H36BSi2/c1-6-7-8-19(22(4,5)21(2)3)18-12-15-9-16-11-17(10-15)14-20(18)13-16/h15-17H,6-14H2,1-5H3/b19-18+/t15?,16-,17+. The molecule has 1 saturated carbocycles. The molecule has 3 heterocycles. The Morgan fingerprint density at radius 1 is 1.09 bits per heavy atom. The second kappa shape index (κ2) is 6.62. The van der Waals surface area contributed by atoms with E-state index in [1.807, 2.05) is 5.47 Å². The van der Waals surface area contributed by atoms with Gasteiger partial charge in [0, 0.05) is 8.31 Å². The zero-order valence-corrected chi connectivity index (χ0v) is 17.7. The lowest BCUT2D eigenvalue weighted by molar-refractivity contribution is 0.216. The molecule has 3 aliphatic heterocycles. The Kier molecular flexibility index (Phi) is 5.14. The van der Waals surface area contributed by atoms with Crippen LogP contribution < -0.4 is 0 Å². The summed E-state index contributed by atoms with van der Waals surface area (Å²) in [5, 5.41) is 2.08. The SMILES string of the molecule is CCCC/C(=C1/CC2C[C@H]3CB1C[C@@H](C2)C3)[Si](C)(C)[Si](C)C. The molecular weight excluding hydrogens is 295 g/mol. The van der Waals surface area contributed by atoms with Crippen LogP contribution >= 0.6 is 0 Å². The van der Waals surface area contributed by atoms with E-state index in [0.717, 1.165) is 24.5 Å². The van der Waals surface area contributed by atoms with Gasteiger partial charge in [0.25, 0.3) is 0 Å². The lowest BCUT2D eigenvalue weighted by Crippen LogP contribution is -2.46. The van der Waals surface area contributed by atoms with Gasteiger partial charge in [-0.25, -0.2) is 0 Å². The summed E-state index contributed by atoms with van der Waals surface area (Å²) in [6.07, 6.45) is 13.7. The summed E-state index contributed by atoms with van der Waals surface area (Å²) in [6.45, 7) is 14.0. The first kappa shape index (κ1) is 17.1. The molecule has 4 aliphatic rings. The molecule has 0 amide bonds. The average Bonchev–Trinajstić information content (AvgIpc) is 2.63. The van der Waals surface area contributed by atoms with E-state index in [0.29, 0.717) is 0 Å². The molecule has 0 aromatic rings. The van der Waals surface area contributed by atoms with E-state index in [1.165, 1.54) is 25.7 Å². The summed E-state index contributed by atoms with van der Waals surface area (Å²) in [5.41, 5.74) is 2.05. The maximum Gasteiger partial charge on any atom is 0.170 e. The van der Waals surface area contributed by atoms with Crippen molar-refractivity contribution in [1.82, 2.24) is 0 Å². The third kappa shape index (κ3) is 3.22. The lowest BCUT2D eigenvalue weighted by Gasteiger charge is -2.38. The summed E-state index contributed by atoms with van der Waals surface area (Å²) >= 11 is 0. The molecule has 1 unspecified atom stereocenters. The molecule has 0 spiro atoms. The zero-order chi connectivity index (χ0) is 15.9. The maximum absolute atomic E-state index is 2.72. The Bertz CT molecular complexity index is 427. The van der Waals surface area contributed by atoms with Crippen molar-refractivity contribution in [2.75, 3.05) is 0 Å². The van der Waals surface area contributed by atoms with Crippen molar-refractivity contribution < 1.29 is 0 Å². The van der Waals surface area contributed by atoms with Crippen LogP contribution in [0.4, 0.5) is 0 Å². The number of fused-ring (bicyclic) bond motifs is 1. The summed E-state index contributed by atoms with van der Waals surface area (Å²) in [7, 11) is -1.29. The van der Waals surface area contributed by atoms with Crippen LogP contribution in [0.1, 0.15) is 51.9 Å². The minimum absolute atomic E-state index is 0.149. The van der Waals surface area contributed by atoms with Crippen molar-refractivity contribution >= 4 is 22.6 Å². The van der Waals surface area contributed by atoms with Crippen molar-refractivity contribution in [3.8, 4) is 0 Å². The maximum atomic E-state index is 2.72. The summed E-state index contributed by atoms with van der Waals surface area (Å²) < 4.78 is 0. The first-order valence-corrected chi connectivity index (χ1v) is 16.4. The Morgan fingerprint density at radius 3 is 2.23 bits per heavy atom. The highest BCUT2D eigenvalue weighted by atomic mass is 29.2. The second-order valence-electron chi connectivity index (χ2n) is 9.41. The number of hydrogen-bond donors (Lipinski definition) is 0. The first-order chi connectivity index (χ1) is 10.4. The number of allylic oxidation sites excluding steroid dienone is 2. The van der Waals surface area contributed by atoms with Crippen LogP contribution in [0.15, 0.2) is 10.7 Å². The van der Waals surface area contributed by atoms with Crippen LogP contribution in [0.25, 0.3) is 0 Å². The van der Waals surface area contributed by atoms with Crippen LogP contribution in [0.3, 0.4) is 0 Å². The highest BCUT2D eigenvalue weighted by Gasteiger charge is 2.45. The zero-order valence-electron chi connectivity index (χ0n) is 15.7. The molecule has 3 atom stereocenters. The van der Waals surface area contributed by atoms with E-state index in [4.69, 9.17) is 0 Å². The smallest absolute Gasteiger partial charge is 0.106 e. The fraction of sp³-hybridized carbons (Fsp3) is 0.895. The molecule has 4 bridgehead atoms. The van der Waals surface area contributed by atoms with Crippen LogP contribution in [0.2, 0.25) is 38.8 Å². The lowest BCUT2D eigenvalue weighted by atomic mass is 9.34. The molecule has 4 fully saturated rings. The Labute approximate surface area is 142 Å². The van der Waals surface area contributed by atoms with Crippen LogP contribution in [0.5, 0.6) is 0 Å². The fourth-order valence-electron chi connectivity index (χ4n) is 5.82. The molecule has 1 aliphatic carbocycles. The van der Waals surface area contributed by atoms with Crippen LogP contribution in [0, 0.1) is 17.8 Å². The van der Waals surface area contributed by atoms with E-state index >= 15 is 0 Å². The number of unbranched alkanes of at least 4 members (excludes halogenated alkanes) is 1. The number of rotatable bonds is 5. The molecular formula is C19H36BSi2. The Balaban J connectivity index is 1.98. The quantitative estimate of drug-likeness (QED) is 0.539. The summed E-state index contributed by atoms with van der Waals surface area (Å²) in [5.74, 6) is 3.27. The molecule has 0 aromatic carbocycles. The van der Waals surface area contributed by atoms with Gasteiger partial charge < -0.3 is 0 Å². The van der Waals surface area contributed by atoms with Gasteiger partial charge >= 0.3 is 0 Å². The van der Waals surface area contributed by atoms with Crippen molar-refractivity contribution in [2.24, 2.45) is 17.8 Å². The second-order valence-corrected chi connectivity index (χ2v) is 22.0. The predicted octanol–water partition coefficient (Wildman–Crippen LogP) is 6.04. The Morgan fingerprint density at radius 2 is 1.68 bits per heavy atom. The molecule has 0 aromatic heterocycles. The van der Waals surface area contributed by atoms with Gasteiger partial charge in [0.05, 0.1) is 7.59 Å². The van der Waals surface area contributed by atoms with Crippen molar-refractivity contribution in [1.29, 1.82) is 0 Å². The van der Waals surface area contributed by atoms with Crippen LogP contribution in [-0.2, 0) is 0 Å². The molecule has 1 radical (unpaired) electrons. The van der Waals surface area contributed by atoms with E-state index in [2.05, 4.69) is 38.3 Å². The van der Waals surface area contributed by atoms with E-state index < -0.39 is 7.59 Å². The van der Waals surface area contributed by atoms with Gasteiger partial charge in [-0.05, 0) is 49.9 Å². The third-order valence-corrected chi connectivity index (χ3v) is 20.4. The molecule has 3 saturated heterocycles. The Hall–Kier alpha value is 0.239. The minimum Gasteiger partial charge on any atom is -0.106 e. The van der Waals surface area contributed by atoms with Gasteiger partial charge in [-0.1, -0.05) is 63.8 Å². The van der Waals surface area contributed by atoms with Gasteiger partial charge in [-0.3, -0.25) is 0 Å². The molecule has 4 rings (SSSR count). The van der Waals surface area contributed by atoms with Crippen molar-refractivity contribution in [2.45, 2.75) is 90.7 Å². The van der Waals surface area contributed by atoms with Gasteiger partial charge in [-0.2, -0.15) is 0 Å². The van der Waals surface area contributed by atoms with Gasteiger partial charge in [-0.15, -0.1) is 5.47 Å². The predicted molar refractivity (Wildman–Crippen MR) is 106 cm³/mol. The van der Waals surface area contributed by atoms with Gasteiger partial charge in [0.1, 0.15) is 0 Å². The topological polar surface area (TPSA) is 0 Å². The van der Waals surface area contributed by atoms with Gasteiger partial charge in [0.15, 0.2) is 6.71 Å². The molecule has 22 heavy (non-hydrogen) atoms. The minimum atomic E-state index is -1.14. The highest BCUT2D eigenvalue weighted by molar-refractivity contribution is 7.34. The monoisotopic (exact) mass is 331 g/mol. The highest BCUT2D eigenvalue weighted by Crippen LogP contribution is 2.52. The van der Waals surface area contributed by atoms with Crippen LogP contribution in [-0.4, -0.2) is 22.6 Å². The van der Waals surface area contributed by atoms with Crippen molar-refractivity contribution in [3.05, 3.63) is 10.7 Å². The summed E-state index contributed by atoms with van der Waals surface area (Å²) in [4.78, 5) is 0. The number of hydrogen-bond acceptors (Lipinski definition) is 0. The average molecular weight is 331 g/mol. The molecule has 3 heteroatoms. The van der Waals surface area contributed by atoms with E-state index in [-0.39, 0.29) is 8.31 Å². The largest absolute Gasteiger partial charge is 0.170 e. The molecule has 0 N–H and O–H groups in total.